The number of alkyl halides is 2. The maximum Gasteiger partial charge on any atom is 0.414 e. The quantitative estimate of drug-likeness (QED) is 0.506. The lowest BCUT2D eigenvalue weighted by Gasteiger charge is -2.37. The Morgan fingerprint density at radius 1 is 1.41 bits per heavy atom. The summed E-state index contributed by atoms with van der Waals surface area (Å²) in [6.45, 7) is 2.76. The van der Waals surface area contributed by atoms with E-state index >= 15 is 0 Å². The summed E-state index contributed by atoms with van der Waals surface area (Å²) in [4.78, 5) is 26.2. The van der Waals surface area contributed by atoms with E-state index in [0.29, 0.717) is 41.7 Å². The summed E-state index contributed by atoms with van der Waals surface area (Å²) in [5.41, 5.74) is -0.359. The van der Waals surface area contributed by atoms with Crippen LogP contribution in [0.25, 0.3) is 0 Å². The third kappa shape index (κ3) is 4.61. The van der Waals surface area contributed by atoms with Gasteiger partial charge in [-0.25, -0.2) is 13.6 Å². The number of nitrogens with zero attached hydrogens (tertiary/aromatic N) is 2. The smallest absolute Gasteiger partial charge is 0.414 e. The second kappa shape index (κ2) is 8.15. The molecule has 0 unspecified atom stereocenters. The van der Waals surface area contributed by atoms with Crippen LogP contribution < -0.4 is 15.1 Å². The van der Waals surface area contributed by atoms with E-state index in [1.54, 1.807) is 12.1 Å². The summed E-state index contributed by atoms with van der Waals surface area (Å²) in [6, 6.07) is 4.58. The number of piperidine rings is 1. The zero-order valence-electron chi connectivity index (χ0n) is 15.0. The maximum absolute atomic E-state index is 14.7. The van der Waals surface area contributed by atoms with Crippen LogP contribution in [-0.2, 0) is 9.53 Å². The number of ether oxygens (including phenoxy) is 1. The summed E-state index contributed by atoms with van der Waals surface area (Å²) in [7, 11) is 0. The molecule has 0 spiro atoms. The number of carbonyl (C=O) groups excluding carboxylic acids is 2. The summed E-state index contributed by atoms with van der Waals surface area (Å²) in [5, 5.41) is 2.60. The van der Waals surface area contributed by atoms with Gasteiger partial charge >= 0.3 is 6.09 Å². The predicted molar refractivity (Wildman–Crippen MR) is 107 cm³/mol. The van der Waals surface area contributed by atoms with Crippen molar-refractivity contribution in [2.45, 2.75) is 31.5 Å². The highest BCUT2D eigenvalue weighted by atomic mass is 127. The number of halogens is 3. The van der Waals surface area contributed by atoms with Gasteiger partial charge in [0.05, 0.1) is 24.5 Å². The molecule has 1 aromatic carbocycles. The summed E-state index contributed by atoms with van der Waals surface area (Å²) < 4.78 is 34.6. The Kier molecular flexibility index (Phi) is 6.07. The Labute approximate surface area is 170 Å². The van der Waals surface area contributed by atoms with Crippen LogP contribution in [-0.4, -0.2) is 54.4 Å². The van der Waals surface area contributed by atoms with Crippen molar-refractivity contribution < 1.29 is 23.1 Å². The van der Waals surface area contributed by atoms with Crippen LogP contribution in [0.1, 0.15) is 19.8 Å². The highest BCUT2D eigenvalue weighted by Crippen LogP contribution is 2.33. The number of hydrogen-bond donors (Lipinski definition) is 1. The average Bonchev–Trinajstić information content (AvgIpc) is 3.02. The van der Waals surface area contributed by atoms with Gasteiger partial charge in [-0.05, 0) is 31.0 Å². The van der Waals surface area contributed by atoms with Crippen molar-refractivity contribution in [1.29, 1.82) is 0 Å². The fraction of sp³-hybridized carbons (Fsp3) is 0.556. The van der Waals surface area contributed by atoms with Crippen molar-refractivity contribution in [1.82, 2.24) is 5.32 Å². The second-order valence-corrected chi connectivity index (χ2v) is 7.72. The third-order valence-corrected chi connectivity index (χ3v) is 6.30. The van der Waals surface area contributed by atoms with Gasteiger partial charge in [0.15, 0.2) is 0 Å². The number of benzene rings is 1. The van der Waals surface area contributed by atoms with Crippen LogP contribution in [0.5, 0.6) is 0 Å². The molecule has 0 saturated carbocycles. The fourth-order valence-corrected chi connectivity index (χ4v) is 4.06. The van der Waals surface area contributed by atoms with Gasteiger partial charge in [-0.3, -0.25) is 9.69 Å². The number of hydrogen-bond acceptors (Lipinski definition) is 4. The van der Waals surface area contributed by atoms with Crippen molar-refractivity contribution in [2.24, 2.45) is 0 Å². The van der Waals surface area contributed by atoms with Crippen LogP contribution in [0.3, 0.4) is 0 Å². The van der Waals surface area contributed by atoms with E-state index in [2.05, 4.69) is 27.9 Å². The Morgan fingerprint density at radius 3 is 2.70 bits per heavy atom. The van der Waals surface area contributed by atoms with E-state index < -0.39 is 23.7 Å². The number of nitrogens with one attached hydrogen (secondary N) is 1. The zero-order chi connectivity index (χ0) is 19.6. The van der Waals surface area contributed by atoms with Crippen molar-refractivity contribution in [2.75, 3.05) is 40.4 Å². The number of cyclic esters (lactones) is 1. The fourth-order valence-electron chi connectivity index (χ4n) is 3.30. The van der Waals surface area contributed by atoms with E-state index in [0.717, 1.165) is 0 Å². The first-order valence-electron chi connectivity index (χ1n) is 8.83. The first kappa shape index (κ1) is 20.1. The van der Waals surface area contributed by atoms with E-state index in [9.17, 15) is 18.4 Å². The number of carbonyl (C=O) groups is 2. The standard InChI is InChI=1S/C18H22F2IN3O3/c1-12(25)22-9-14-10-24(17(26)27-14)13-2-3-16(15(19)8-13)23-6-4-18(20,11-21)5-7-23/h2-3,8,14H,4-7,9-11H2,1H3,(H,22,25)/t14-/m0/s1. The predicted octanol–water partition coefficient (Wildman–Crippen LogP) is 3.03. The lowest BCUT2D eigenvalue weighted by molar-refractivity contribution is -0.119. The molecule has 2 heterocycles. The summed E-state index contributed by atoms with van der Waals surface area (Å²) in [5.74, 6) is -0.660. The molecular formula is C18H22F2IN3O3. The first-order valence-corrected chi connectivity index (χ1v) is 10.4. The molecule has 3 rings (SSSR count). The molecule has 2 aliphatic rings. The molecule has 2 fully saturated rings. The number of amides is 2. The lowest BCUT2D eigenvalue weighted by Crippen LogP contribution is -2.43. The monoisotopic (exact) mass is 493 g/mol. The van der Waals surface area contributed by atoms with Gasteiger partial charge in [0.25, 0.3) is 0 Å². The van der Waals surface area contributed by atoms with Crippen LogP contribution in [0, 0.1) is 5.82 Å². The Morgan fingerprint density at radius 2 is 2.11 bits per heavy atom. The molecule has 0 radical (unpaired) electrons. The van der Waals surface area contributed by atoms with Crippen LogP contribution in [0.15, 0.2) is 18.2 Å². The van der Waals surface area contributed by atoms with Gasteiger partial charge in [0.1, 0.15) is 17.6 Å². The molecule has 2 aliphatic heterocycles. The van der Waals surface area contributed by atoms with E-state index in [1.807, 2.05) is 4.90 Å². The zero-order valence-corrected chi connectivity index (χ0v) is 17.2. The number of anilines is 2. The van der Waals surface area contributed by atoms with E-state index in [-0.39, 0.29) is 19.0 Å². The molecule has 0 aromatic heterocycles. The van der Waals surface area contributed by atoms with E-state index in [4.69, 9.17) is 4.74 Å². The second-order valence-electron chi connectivity index (χ2n) is 6.96. The minimum absolute atomic E-state index is 0.207. The van der Waals surface area contributed by atoms with Gasteiger partial charge in [0, 0.05) is 24.4 Å². The van der Waals surface area contributed by atoms with Crippen LogP contribution >= 0.6 is 22.6 Å². The molecule has 1 N–H and O–H groups in total. The largest absolute Gasteiger partial charge is 0.442 e. The highest BCUT2D eigenvalue weighted by Gasteiger charge is 2.35. The van der Waals surface area contributed by atoms with Gasteiger partial charge in [-0.15, -0.1) is 0 Å². The molecule has 1 aromatic rings. The summed E-state index contributed by atoms with van der Waals surface area (Å²) in [6.07, 6.45) is -0.294. The number of rotatable bonds is 5. The summed E-state index contributed by atoms with van der Waals surface area (Å²) >= 11 is 2.05. The molecular weight excluding hydrogens is 471 g/mol. The SMILES string of the molecule is CC(=O)NC[C@H]1CN(c2ccc(N3CCC(F)(CI)CC3)c(F)c2)C(=O)O1. The van der Waals surface area contributed by atoms with Gasteiger partial charge < -0.3 is 15.0 Å². The minimum Gasteiger partial charge on any atom is -0.442 e. The Bertz CT molecular complexity index is 726. The minimum atomic E-state index is -1.17. The van der Waals surface area contributed by atoms with Gasteiger partial charge in [-0.1, -0.05) is 22.6 Å². The van der Waals surface area contributed by atoms with Crippen molar-refractivity contribution in [3.05, 3.63) is 24.0 Å². The topological polar surface area (TPSA) is 61.9 Å². The first-order chi connectivity index (χ1) is 12.8. The molecule has 27 heavy (non-hydrogen) atoms. The highest BCUT2D eigenvalue weighted by molar-refractivity contribution is 14.1. The average molecular weight is 493 g/mol. The van der Waals surface area contributed by atoms with Gasteiger partial charge in [0.2, 0.25) is 5.91 Å². The molecule has 148 valence electrons. The maximum atomic E-state index is 14.7. The Balaban J connectivity index is 1.67. The molecule has 2 amide bonds. The van der Waals surface area contributed by atoms with Crippen molar-refractivity contribution in [3.63, 3.8) is 0 Å². The van der Waals surface area contributed by atoms with Crippen molar-refractivity contribution in [3.8, 4) is 0 Å². The third-order valence-electron chi connectivity index (χ3n) is 4.94. The van der Waals surface area contributed by atoms with Crippen molar-refractivity contribution >= 4 is 46.0 Å². The lowest BCUT2D eigenvalue weighted by atomic mass is 9.95. The van der Waals surface area contributed by atoms with E-state index in [1.165, 1.54) is 17.9 Å². The molecule has 6 nitrogen and oxygen atoms in total. The molecule has 0 bridgehead atoms. The molecule has 9 heteroatoms. The van der Waals surface area contributed by atoms with Crippen LogP contribution in [0.2, 0.25) is 0 Å². The molecule has 0 aliphatic carbocycles. The molecule has 1 atom stereocenters. The van der Waals surface area contributed by atoms with Crippen LogP contribution in [0.4, 0.5) is 25.0 Å². The molecule has 2 saturated heterocycles. The Hall–Kier alpha value is -1.65. The van der Waals surface area contributed by atoms with Gasteiger partial charge in [-0.2, -0.15) is 0 Å². The normalized spacial score (nSPS) is 21.9.